The van der Waals surface area contributed by atoms with Crippen LogP contribution in [-0.4, -0.2) is 141 Å². The van der Waals surface area contributed by atoms with Crippen LogP contribution in [0.1, 0.15) is 180 Å². The highest BCUT2D eigenvalue weighted by Crippen LogP contribution is 2.51. The first-order chi connectivity index (χ1) is 37.4. The van der Waals surface area contributed by atoms with Gasteiger partial charge in [0.15, 0.2) is 46.3 Å². The first-order valence-corrected chi connectivity index (χ1v) is 28.2. The van der Waals surface area contributed by atoms with Crippen LogP contribution in [0.25, 0.3) is 46.4 Å². The molecule has 0 aromatic carbocycles. The van der Waals surface area contributed by atoms with Crippen molar-refractivity contribution < 1.29 is 75.8 Å². The zero-order valence-corrected chi connectivity index (χ0v) is 48.8. The number of rotatable bonds is 8. The Morgan fingerprint density at radius 3 is 0.700 bits per heavy atom. The maximum Gasteiger partial charge on any atom is 0.164 e. The maximum atomic E-state index is 7.04. The fraction of sp³-hybridized carbons (Fsp3) is 0.667. The molecule has 20 heteroatoms. The number of nitrogens with one attached hydrogen (secondary N) is 2. The molecule has 13 rings (SSSR count). The number of hydrogen-bond donors (Lipinski definition) is 2. The lowest BCUT2D eigenvalue weighted by Gasteiger charge is -2.25. The Kier molecular flexibility index (Phi) is 12.9. The normalized spacial score (nSPS) is 36.7. The summed E-state index contributed by atoms with van der Waals surface area (Å²) in [4.78, 5) is 19.0. The van der Waals surface area contributed by atoms with Crippen LogP contribution in [0.4, 0.5) is 0 Å². The largest absolute Gasteiger partial charge is 0.355 e. The molecule has 80 heavy (non-hydrogen) atoms. The van der Waals surface area contributed by atoms with Gasteiger partial charge >= 0.3 is 0 Å². The molecular weight excluding hydrogens is 1030 g/mol. The SMILES string of the molecule is CC1(C)OC[C@@H]([C@H]2OC(C)(C)O[C@@H]2c2c3nc(c([C@H]4OC(C)(C)O[C@@H]4[C@@H]4COC(C)(C)O4)c4ccc([nH]4)c([C@H]4OC(C)(C)O[C@@H]4[C@@H]4COC(C)(C)O4)c4nc(c([C@H]5OC(C)(C)O[C@@H]5[C@@H]5COC(C)(C)O5)c5ccc2[nH]5)C=C4)C=C3)O1. The van der Waals surface area contributed by atoms with Gasteiger partial charge in [0.05, 0.1) is 49.2 Å². The van der Waals surface area contributed by atoms with Crippen molar-refractivity contribution >= 4 is 46.4 Å². The number of aromatic amines is 2. The summed E-state index contributed by atoms with van der Waals surface area (Å²) in [6.07, 6.45) is 0.781. The van der Waals surface area contributed by atoms with Crippen LogP contribution in [0.15, 0.2) is 24.3 Å². The van der Waals surface area contributed by atoms with Crippen molar-refractivity contribution in [1.29, 1.82) is 0 Å². The Hall–Kier alpha value is -4.04. The molecule has 434 valence electrons. The molecule has 3 aromatic rings. The second-order valence-corrected chi connectivity index (χ2v) is 26.2. The van der Waals surface area contributed by atoms with Crippen LogP contribution < -0.4 is 0 Å². The summed E-state index contributed by atoms with van der Waals surface area (Å²) < 4.78 is 107. The van der Waals surface area contributed by atoms with Gasteiger partial charge in [-0.05, 0) is 159 Å². The zero-order valence-electron chi connectivity index (χ0n) is 48.8. The van der Waals surface area contributed by atoms with E-state index in [2.05, 4.69) is 9.97 Å². The van der Waals surface area contributed by atoms with Crippen molar-refractivity contribution in [3.05, 3.63) is 69.3 Å². The van der Waals surface area contributed by atoms with Crippen LogP contribution in [0.2, 0.25) is 0 Å². The Labute approximate surface area is 466 Å². The Morgan fingerprint density at radius 2 is 0.512 bits per heavy atom. The second-order valence-electron chi connectivity index (χ2n) is 26.2. The first-order valence-electron chi connectivity index (χ1n) is 28.2. The molecule has 8 fully saturated rings. The van der Waals surface area contributed by atoms with Crippen LogP contribution in [-0.2, 0) is 75.8 Å². The minimum Gasteiger partial charge on any atom is -0.355 e. The van der Waals surface area contributed by atoms with E-state index in [1.165, 1.54) is 0 Å². The van der Waals surface area contributed by atoms with Crippen LogP contribution in [0, 0.1) is 0 Å². The van der Waals surface area contributed by atoms with E-state index in [1.54, 1.807) is 0 Å². The molecule has 0 spiro atoms. The van der Waals surface area contributed by atoms with Gasteiger partial charge < -0.3 is 85.8 Å². The van der Waals surface area contributed by atoms with E-state index < -0.39 is 120 Å². The van der Waals surface area contributed by atoms with Gasteiger partial charge in [0.1, 0.15) is 73.2 Å². The summed E-state index contributed by atoms with van der Waals surface area (Å²) in [7, 11) is 0. The van der Waals surface area contributed by atoms with Gasteiger partial charge in [-0.1, -0.05) is 0 Å². The molecule has 10 aliphatic rings. The van der Waals surface area contributed by atoms with E-state index in [-0.39, 0.29) is 0 Å². The molecule has 13 heterocycles. The third kappa shape index (κ3) is 10.3. The van der Waals surface area contributed by atoms with Gasteiger partial charge in [-0.15, -0.1) is 0 Å². The molecular formula is C60H78N4O16. The molecule has 0 amide bonds. The molecule has 20 nitrogen and oxygen atoms in total. The highest BCUT2D eigenvalue weighted by atomic mass is 16.8. The topological polar surface area (TPSA) is 205 Å². The van der Waals surface area contributed by atoms with Crippen LogP contribution in [0.3, 0.4) is 0 Å². The van der Waals surface area contributed by atoms with Gasteiger partial charge in [-0.25, -0.2) is 9.97 Å². The quantitative estimate of drug-likeness (QED) is 0.148. The van der Waals surface area contributed by atoms with E-state index in [4.69, 9.17) is 85.8 Å². The number of nitrogens with zero attached hydrogens (tertiary/aromatic N) is 2. The maximum absolute atomic E-state index is 7.04. The minimum atomic E-state index is -1.02. The van der Waals surface area contributed by atoms with Gasteiger partial charge in [0.2, 0.25) is 0 Å². The lowest BCUT2D eigenvalue weighted by molar-refractivity contribution is -0.174. The van der Waals surface area contributed by atoms with Crippen molar-refractivity contribution in [2.45, 2.75) is 230 Å². The van der Waals surface area contributed by atoms with E-state index in [0.717, 1.165) is 22.3 Å². The van der Waals surface area contributed by atoms with Gasteiger partial charge in [0, 0.05) is 44.3 Å². The molecule has 3 aromatic heterocycles. The van der Waals surface area contributed by atoms with Crippen LogP contribution in [0.5, 0.6) is 0 Å². The lowest BCUT2D eigenvalue weighted by atomic mass is 9.98. The standard InChI is InChI=1S/C60H78N4O16/c1-53(2)65-25-37(69-53)45-49(77-57(9,10)73-45)41-29-17-19-31(61-29)42(50-46(74-58(11,12)78-50)38-26-66-54(3,4)70-38)33-21-23-35(63-33)44(52-48(76-60(15,16)80-52)40-28-68-56(7,8)72-40)36-24-22-34(64-36)43(32-20-18-30(41)62-32)51-47(75-59(13,14)79-51)39-27-67-55(5,6)71-39/h17-24,37-40,45-52,61,64H,25-28H2,1-16H3/t37-,38-,39-,40-,45+,46+,47+,48+,49+,50+,51+,52+/m0/s1. The van der Waals surface area contributed by atoms with Gasteiger partial charge in [-0.2, -0.15) is 0 Å². The predicted molar refractivity (Wildman–Crippen MR) is 290 cm³/mol. The minimum absolute atomic E-state index is 0.293. The summed E-state index contributed by atoms with van der Waals surface area (Å²) in [5.74, 6) is -7.47. The molecule has 8 saturated heterocycles. The number of hydrogen-bond acceptors (Lipinski definition) is 18. The fourth-order valence-corrected chi connectivity index (χ4v) is 13.1. The Bertz CT molecular complexity index is 2780. The molecule has 0 unspecified atom stereocenters. The van der Waals surface area contributed by atoms with E-state index in [0.29, 0.717) is 71.3 Å². The third-order valence-electron chi connectivity index (χ3n) is 16.2. The number of H-pyrrole nitrogens is 2. The number of fused-ring (bicyclic) bond motifs is 8. The summed E-state index contributed by atoms with van der Waals surface area (Å²) in [6.45, 7) is 31.7. The lowest BCUT2D eigenvalue weighted by Crippen LogP contribution is -2.35. The Morgan fingerprint density at radius 1 is 0.300 bits per heavy atom. The van der Waals surface area contributed by atoms with Crippen LogP contribution >= 0.6 is 0 Å². The van der Waals surface area contributed by atoms with Gasteiger partial charge in [-0.3, -0.25) is 0 Å². The molecule has 2 N–H and O–H groups in total. The third-order valence-corrected chi connectivity index (χ3v) is 16.2. The van der Waals surface area contributed by atoms with E-state index >= 15 is 0 Å². The van der Waals surface area contributed by atoms with Crippen molar-refractivity contribution in [2.24, 2.45) is 0 Å². The summed E-state index contributed by atoms with van der Waals surface area (Å²) in [5.41, 5.74) is 8.27. The monoisotopic (exact) mass is 1110 g/mol. The number of ether oxygens (including phenoxy) is 16. The molecule has 10 aliphatic heterocycles. The molecule has 12 atom stereocenters. The highest BCUT2D eigenvalue weighted by Gasteiger charge is 2.56. The van der Waals surface area contributed by atoms with Crippen molar-refractivity contribution in [3.63, 3.8) is 0 Å². The molecule has 0 radical (unpaired) electrons. The summed E-state index contributed by atoms with van der Waals surface area (Å²) in [6, 6.07) is 8.18. The van der Waals surface area contributed by atoms with Crippen molar-refractivity contribution in [2.75, 3.05) is 26.4 Å². The predicted octanol–water partition coefficient (Wildman–Crippen LogP) is 10.0. The zero-order chi connectivity index (χ0) is 56.5. The van der Waals surface area contributed by atoms with E-state index in [9.17, 15) is 0 Å². The molecule has 0 aliphatic carbocycles. The number of aromatic nitrogens is 4. The highest BCUT2D eigenvalue weighted by molar-refractivity contribution is 5.84. The van der Waals surface area contributed by atoms with Crippen molar-refractivity contribution in [3.8, 4) is 0 Å². The second kappa shape index (κ2) is 18.7. The molecule has 8 bridgehead atoms. The van der Waals surface area contributed by atoms with Gasteiger partial charge in [0.25, 0.3) is 0 Å². The van der Waals surface area contributed by atoms with Crippen molar-refractivity contribution in [1.82, 2.24) is 19.9 Å². The fourth-order valence-electron chi connectivity index (χ4n) is 13.1. The Balaban J connectivity index is 1.11. The average molecular weight is 1110 g/mol. The summed E-state index contributed by atoms with van der Waals surface area (Å²) in [5, 5.41) is 0. The average Bonchev–Trinajstić information content (AvgIpc) is 4.18. The molecule has 0 saturated carbocycles. The van der Waals surface area contributed by atoms with E-state index in [1.807, 2.05) is 159 Å². The summed E-state index contributed by atoms with van der Waals surface area (Å²) >= 11 is 0. The smallest absolute Gasteiger partial charge is 0.164 e. The first kappa shape index (κ1) is 55.2.